The van der Waals surface area contributed by atoms with Gasteiger partial charge in [-0.3, -0.25) is 4.79 Å². The van der Waals surface area contributed by atoms with Crippen molar-refractivity contribution in [3.8, 4) is 28.1 Å². The Morgan fingerprint density at radius 2 is 1.46 bits per heavy atom. The molecule has 28 heavy (non-hydrogen) atoms. The Bertz CT molecular complexity index is 1120. The van der Waals surface area contributed by atoms with E-state index in [1.807, 2.05) is 84.9 Å². The predicted molar refractivity (Wildman–Crippen MR) is 111 cm³/mol. The van der Waals surface area contributed by atoms with E-state index in [0.29, 0.717) is 6.54 Å². The summed E-state index contributed by atoms with van der Waals surface area (Å²) in [7, 11) is 1.64. The SMILES string of the molecule is COc1ccc(-c2cc(=O)n(Cc3ccccc3)nc2-c2ccccc2)cc1. The molecular formula is C24H20N2O2. The fourth-order valence-electron chi connectivity index (χ4n) is 3.16. The van der Waals surface area contributed by atoms with Gasteiger partial charge in [0.25, 0.3) is 5.56 Å². The molecule has 0 atom stereocenters. The monoisotopic (exact) mass is 368 g/mol. The molecule has 0 saturated heterocycles. The van der Waals surface area contributed by atoms with Crippen LogP contribution in [0, 0.1) is 0 Å². The topological polar surface area (TPSA) is 44.1 Å². The van der Waals surface area contributed by atoms with Crippen LogP contribution in [0.5, 0.6) is 5.75 Å². The van der Waals surface area contributed by atoms with Crippen LogP contribution in [0.3, 0.4) is 0 Å². The molecular weight excluding hydrogens is 348 g/mol. The largest absolute Gasteiger partial charge is 0.497 e. The summed E-state index contributed by atoms with van der Waals surface area (Å²) in [5, 5.41) is 4.73. The molecule has 4 aromatic rings. The lowest BCUT2D eigenvalue weighted by Gasteiger charge is -2.13. The van der Waals surface area contributed by atoms with E-state index in [1.165, 1.54) is 4.68 Å². The minimum absolute atomic E-state index is 0.130. The third-order valence-corrected chi connectivity index (χ3v) is 4.62. The predicted octanol–water partition coefficient (Wildman–Crippen LogP) is 4.63. The molecule has 0 aliphatic heterocycles. The van der Waals surface area contributed by atoms with Crippen LogP contribution in [-0.4, -0.2) is 16.9 Å². The Morgan fingerprint density at radius 1 is 0.821 bits per heavy atom. The average molecular weight is 368 g/mol. The van der Waals surface area contributed by atoms with Gasteiger partial charge in [-0.05, 0) is 23.3 Å². The first-order valence-electron chi connectivity index (χ1n) is 9.10. The molecule has 0 N–H and O–H groups in total. The number of hydrogen-bond acceptors (Lipinski definition) is 3. The van der Waals surface area contributed by atoms with E-state index in [1.54, 1.807) is 13.2 Å². The highest BCUT2D eigenvalue weighted by Crippen LogP contribution is 2.30. The molecule has 3 aromatic carbocycles. The van der Waals surface area contributed by atoms with E-state index in [4.69, 9.17) is 9.84 Å². The Balaban J connectivity index is 1.85. The van der Waals surface area contributed by atoms with E-state index in [-0.39, 0.29) is 5.56 Å². The number of nitrogens with zero attached hydrogens (tertiary/aromatic N) is 2. The van der Waals surface area contributed by atoms with Crippen molar-refractivity contribution < 1.29 is 4.74 Å². The summed E-state index contributed by atoms with van der Waals surface area (Å²) in [4.78, 5) is 12.8. The summed E-state index contributed by atoms with van der Waals surface area (Å²) in [6.45, 7) is 0.433. The maximum Gasteiger partial charge on any atom is 0.267 e. The smallest absolute Gasteiger partial charge is 0.267 e. The molecule has 0 aliphatic rings. The average Bonchev–Trinajstić information content (AvgIpc) is 2.76. The zero-order chi connectivity index (χ0) is 19.3. The number of ether oxygens (including phenoxy) is 1. The zero-order valence-corrected chi connectivity index (χ0v) is 15.6. The maximum atomic E-state index is 12.8. The third-order valence-electron chi connectivity index (χ3n) is 4.62. The van der Waals surface area contributed by atoms with Crippen LogP contribution in [0.25, 0.3) is 22.4 Å². The second-order valence-corrected chi connectivity index (χ2v) is 6.48. The highest BCUT2D eigenvalue weighted by molar-refractivity contribution is 5.80. The lowest BCUT2D eigenvalue weighted by atomic mass is 10.00. The van der Waals surface area contributed by atoms with Gasteiger partial charge in [0.2, 0.25) is 0 Å². The van der Waals surface area contributed by atoms with Gasteiger partial charge < -0.3 is 4.74 Å². The molecule has 0 bridgehead atoms. The van der Waals surface area contributed by atoms with Gasteiger partial charge >= 0.3 is 0 Å². The van der Waals surface area contributed by atoms with Crippen molar-refractivity contribution in [2.75, 3.05) is 7.11 Å². The molecule has 0 amide bonds. The zero-order valence-electron chi connectivity index (χ0n) is 15.6. The van der Waals surface area contributed by atoms with Crippen LogP contribution >= 0.6 is 0 Å². The van der Waals surface area contributed by atoms with Crippen molar-refractivity contribution in [3.63, 3.8) is 0 Å². The van der Waals surface area contributed by atoms with Gasteiger partial charge in [-0.25, -0.2) is 4.68 Å². The molecule has 1 heterocycles. The van der Waals surface area contributed by atoms with Gasteiger partial charge in [0.15, 0.2) is 0 Å². The first-order chi connectivity index (χ1) is 13.7. The summed E-state index contributed by atoms with van der Waals surface area (Å²) < 4.78 is 6.77. The summed E-state index contributed by atoms with van der Waals surface area (Å²) in [6, 6.07) is 29.1. The molecule has 4 rings (SSSR count). The molecule has 0 saturated carbocycles. The van der Waals surface area contributed by atoms with E-state index in [9.17, 15) is 4.79 Å². The number of aromatic nitrogens is 2. The van der Waals surface area contributed by atoms with Crippen LogP contribution in [0.1, 0.15) is 5.56 Å². The first-order valence-corrected chi connectivity index (χ1v) is 9.10. The van der Waals surface area contributed by atoms with Crippen molar-refractivity contribution in [2.45, 2.75) is 6.54 Å². The normalized spacial score (nSPS) is 10.6. The van der Waals surface area contributed by atoms with Crippen molar-refractivity contribution >= 4 is 0 Å². The Hall–Kier alpha value is -3.66. The molecule has 0 radical (unpaired) electrons. The van der Waals surface area contributed by atoms with Gasteiger partial charge in [0.1, 0.15) is 5.75 Å². The third kappa shape index (κ3) is 3.71. The molecule has 4 nitrogen and oxygen atoms in total. The molecule has 138 valence electrons. The molecule has 0 aliphatic carbocycles. The quantitative estimate of drug-likeness (QED) is 0.516. The molecule has 0 spiro atoms. The van der Waals surface area contributed by atoms with E-state index in [2.05, 4.69) is 0 Å². The van der Waals surface area contributed by atoms with Crippen molar-refractivity contribution in [1.29, 1.82) is 0 Å². The Kier molecular flexibility index (Phi) is 5.02. The molecule has 0 fully saturated rings. The van der Waals surface area contributed by atoms with Crippen LogP contribution in [-0.2, 0) is 6.54 Å². The highest BCUT2D eigenvalue weighted by Gasteiger charge is 2.13. The van der Waals surface area contributed by atoms with E-state index < -0.39 is 0 Å². The Morgan fingerprint density at radius 3 is 2.11 bits per heavy atom. The molecule has 1 aromatic heterocycles. The molecule has 4 heteroatoms. The second-order valence-electron chi connectivity index (χ2n) is 6.48. The standard InChI is InChI=1S/C24H20N2O2/c1-28-21-14-12-19(13-15-21)22-16-23(27)26(17-18-8-4-2-5-9-18)25-24(22)20-10-6-3-7-11-20/h2-16H,17H2,1H3. The van der Waals surface area contributed by atoms with E-state index in [0.717, 1.165) is 33.7 Å². The number of hydrogen-bond donors (Lipinski definition) is 0. The van der Waals surface area contributed by atoms with Gasteiger partial charge in [-0.1, -0.05) is 72.8 Å². The highest BCUT2D eigenvalue weighted by atomic mass is 16.5. The van der Waals surface area contributed by atoms with E-state index >= 15 is 0 Å². The summed E-state index contributed by atoms with van der Waals surface area (Å²) in [5.41, 5.74) is 4.39. The minimum Gasteiger partial charge on any atom is -0.497 e. The van der Waals surface area contributed by atoms with Gasteiger partial charge in [-0.2, -0.15) is 5.10 Å². The lowest BCUT2D eigenvalue weighted by molar-refractivity contribution is 0.415. The lowest BCUT2D eigenvalue weighted by Crippen LogP contribution is -2.23. The number of rotatable bonds is 5. The van der Waals surface area contributed by atoms with Crippen LogP contribution in [0.2, 0.25) is 0 Å². The minimum atomic E-state index is -0.130. The number of benzene rings is 3. The molecule has 0 unspecified atom stereocenters. The van der Waals surface area contributed by atoms with Crippen molar-refractivity contribution in [1.82, 2.24) is 9.78 Å². The van der Waals surface area contributed by atoms with Crippen LogP contribution in [0.4, 0.5) is 0 Å². The Labute approximate surface area is 163 Å². The first kappa shape index (κ1) is 17.7. The second kappa shape index (κ2) is 7.92. The maximum absolute atomic E-state index is 12.8. The number of methoxy groups -OCH3 is 1. The summed E-state index contributed by atoms with van der Waals surface area (Å²) >= 11 is 0. The van der Waals surface area contributed by atoms with Gasteiger partial charge in [0.05, 0.1) is 19.3 Å². The van der Waals surface area contributed by atoms with Crippen LogP contribution < -0.4 is 10.3 Å². The summed E-state index contributed by atoms with van der Waals surface area (Å²) in [6.07, 6.45) is 0. The fraction of sp³-hybridized carbons (Fsp3) is 0.0833. The summed E-state index contributed by atoms with van der Waals surface area (Å²) in [5.74, 6) is 0.774. The van der Waals surface area contributed by atoms with Crippen molar-refractivity contribution in [2.24, 2.45) is 0 Å². The van der Waals surface area contributed by atoms with Crippen LogP contribution in [0.15, 0.2) is 95.8 Å². The van der Waals surface area contributed by atoms with Crippen molar-refractivity contribution in [3.05, 3.63) is 107 Å². The van der Waals surface area contributed by atoms with Gasteiger partial charge in [0, 0.05) is 17.2 Å². The fourth-order valence-corrected chi connectivity index (χ4v) is 3.16. The van der Waals surface area contributed by atoms with Gasteiger partial charge in [-0.15, -0.1) is 0 Å².